The van der Waals surface area contributed by atoms with Crippen molar-refractivity contribution < 1.29 is 4.42 Å². The van der Waals surface area contributed by atoms with Crippen LogP contribution in [0.25, 0.3) is 22.6 Å². The quantitative estimate of drug-likeness (QED) is 0.213. The fourth-order valence-electron chi connectivity index (χ4n) is 4.01. The average molecular weight is 529 g/mol. The Kier molecular flexibility index (Phi) is 10.4. The summed E-state index contributed by atoms with van der Waals surface area (Å²) in [6.07, 6.45) is 3.62. The molecular weight excluding hydrogens is 488 g/mol. The van der Waals surface area contributed by atoms with Crippen molar-refractivity contribution in [3.63, 3.8) is 0 Å². The molecule has 0 radical (unpaired) electrons. The van der Waals surface area contributed by atoms with Gasteiger partial charge in [0.15, 0.2) is 0 Å². The van der Waals surface area contributed by atoms with Crippen LogP contribution in [0, 0.1) is 0 Å². The summed E-state index contributed by atoms with van der Waals surface area (Å²) in [6.45, 7) is 8.28. The van der Waals surface area contributed by atoms with E-state index >= 15 is 0 Å². The molecule has 0 aliphatic heterocycles. The Balaban J connectivity index is 1.72. The van der Waals surface area contributed by atoms with Crippen LogP contribution in [0.1, 0.15) is 64.5 Å². The molecule has 0 atom stereocenters. The second-order valence-corrected chi connectivity index (χ2v) is 9.23. The van der Waals surface area contributed by atoms with Crippen LogP contribution in [-0.2, 0) is 0 Å². The number of nitrogens with two attached hydrogens (primary N) is 4. The maximum atomic E-state index is 6.15. The molecule has 9 nitrogen and oxygen atoms in total. The molecule has 1 aromatic heterocycles. The van der Waals surface area contributed by atoms with Crippen LogP contribution < -0.4 is 22.9 Å². The Morgan fingerprint density at radius 3 is 1.21 bits per heavy atom. The van der Waals surface area contributed by atoms with Crippen LogP contribution in [0.15, 0.2) is 85.1 Å². The van der Waals surface area contributed by atoms with Gasteiger partial charge in [-0.25, -0.2) is 9.98 Å². The second-order valence-electron chi connectivity index (χ2n) is 9.23. The van der Waals surface area contributed by atoms with E-state index in [0.29, 0.717) is 11.7 Å². The van der Waals surface area contributed by atoms with Crippen molar-refractivity contribution >= 4 is 23.6 Å². The van der Waals surface area contributed by atoms with Crippen molar-refractivity contribution in [1.29, 1.82) is 0 Å². The van der Waals surface area contributed by atoms with E-state index in [1.54, 1.807) is 0 Å². The third-order valence-electron chi connectivity index (χ3n) is 6.52. The summed E-state index contributed by atoms with van der Waals surface area (Å²) in [6, 6.07) is 19.4. The lowest BCUT2D eigenvalue weighted by Crippen LogP contribution is -2.21. The minimum absolute atomic E-state index is 0.149. The summed E-state index contributed by atoms with van der Waals surface area (Å²) in [7, 11) is 0. The zero-order valence-corrected chi connectivity index (χ0v) is 23.3. The van der Waals surface area contributed by atoms with Gasteiger partial charge in [0.2, 0.25) is 11.9 Å². The van der Waals surface area contributed by atoms with Crippen LogP contribution in [0.5, 0.6) is 0 Å². The van der Waals surface area contributed by atoms with Crippen molar-refractivity contribution in [2.75, 3.05) is 0 Å². The Morgan fingerprint density at radius 1 is 0.564 bits per heavy atom. The number of aliphatic imine (C=N–C) groups is 4. The fraction of sp³-hybridized carbons (Fsp3) is 0.333. The molecule has 39 heavy (non-hydrogen) atoms. The van der Waals surface area contributed by atoms with Crippen molar-refractivity contribution in [3.8, 4) is 22.6 Å². The summed E-state index contributed by atoms with van der Waals surface area (Å²) in [5.74, 6) is 2.49. The van der Waals surface area contributed by atoms with Crippen LogP contribution in [0.3, 0.4) is 0 Å². The standard InChI is InChI=1S/C30H40N8O/c1-5-23(6-2)35-29(33)37-27(31)21-13-9-19(10-14-21)25-17-18-26(39-25)20-11-15-22(16-12-20)28(32)38-30(34)36-24(7-3)8-4/h9-18,23-24H,5-8H2,1-4H3,(H4,31,33,35,37)(H4,32,34,36,38). The second kappa shape index (κ2) is 13.9. The third-order valence-corrected chi connectivity index (χ3v) is 6.52. The molecule has 0 fully saturated rings. The number of amidine groups is 2. The van der Waals surface area contributed by atoms with E-state index in [0.717, 1.165) is 59.5 Å². The highest BCUT2D eigenvalue weighted by Crippen LogP contribution is 2.29. The Hall–Kier alpha value is -4.40. The normalized spacial score (nSPS) is 13.5. The maximum absolute atomic E-state index is 6.15. The van der Waals surface area contributed by atoms with E-state index < -0.39 is 0 Å². The maximum Gasteiger partial charge on any atom is 0.217 e. The third kappa shape index (κ3) is 8.04. The average Bonchev–Trinajstić information content (AvgIpc) is 3.45. The number of furan rings is 1. The molecule has 0 aliphatic carbocycles. The van der Waals surface area contributed by atoms with Crippen molar-refractivity contribution in [2.45, 2.75) is 65.5 Å². The molecule has 1 heterocycles. The number of benzene rings is 2. The van der Waals surface area contributed by atoms with Gasteiger partial charge in [0.1, 0.15) is 23.2 Å². The van der Waals surface area contributed by atoms with E-state index in [1.165, 1.54) is 0 Å². The Bertz CT molecular complexity index is 1220. The molecule has 3 aromatic rings. The molecule has 0 amide bonds. The highest BCUT2D eigenvalue weighted by Gasteiger charge is 2.10. The minimum atomic E-state index is 0.149. The lowest BCUT2D eigenvalue weighted by atomic mass is 10.1. The first-order chi connectivity index (χ1) is 18.8. The number of hydrogen-bond donors (Lipinski definition) is 4. The predicted octanol–water partition coefficient (Wildman–Crippen LogP) is 5.03. The van der Waals surface area contributed by atoms with Crippen LogP contribution in [0.2, 0.25) is 0 Å². The van der Waals surface area contributed by atoms with E-state index in [4.69, 9.17) is 27.4 Å². The molecule has 206 valence electrons. The van der Waals surface area contributed by atoms with Crippen molar-refractivity contribution in [2.24, 2.45) is 42.9 Å². The van der Waals surface area contributed by atoms with E-state index in [1.807, 2.05) is 60.7 Å². The van der Waals surface area contributed by atoms with Gasteiger partial charge in [-0.3, -0.25) is 0 Å². The number of hydrogen-bond acceptors (Lipinski definition) is 3. The predicted molar refractivity (Wildman–Crippen MR) is 163 cm³/mol. The molecule has 0 saturated heterocycles. The lowest BCUT2D eigenvalue weighted by molar-refractivity contribution is 0.597. The number of rotatable bonds is 10. The van der Waals surface area contributed by atoms with Gasteiger partial charge >= 0.3 is 0 Å². The summed E-state index contributed by atoms with van der Waals surface area (Å²) in [5.41, 5.74) is 27.6. The first-order valence-corrected chi connectivity index (χ1v) is 13.4. The van der Waals surface area contributed by atoms with Gasteiger partial charge in [-0.15, -0.1) is 0 Å². The molecule has 0 spiro atoms. The highest BCUT2D eigenvalue weighted by atomic mass is 16.3. The smallest absolute Gasteiger partial charge is 0.217 e. The first kappa shape index (κ1) is 29.2. The minimum Gasteiger partial charge on any atom is -0.456 e. The molecular formula is C30H40N8O. The van der Waals surface area contributed by atoms with E-state index in [9.17, 15) is 0 Å². The van der Waals surface area contributed by atoms with Gasteiger partial charge in [-0.05, 0) is 37.8 Å². The largest absolute Gasteiger partial charge is 0.456 e. The van der Waals surface area contributed by atoms with Gasteiger partial charge in [-0.1, -0.05) is 76.2 Å². The van der Waals surface area contributed by atoms with Gasteiger partial charge < -0.3 is 27.4 Å². The molecule has 0 unspecified atom stereocenters. The van der Waals surface area contributed by atoms with Crippen LogP contribution in [0.4, 0.5) is 0 Å². The monoisotopic (exact) mass is 528 g/mol. The molecule has 9 heteroatoms. The topological polar surface area (TPSA) is 167 Å². The molecule has 2 aromatic carbocycles. The van der Waals surface area contributed by atoms with Crippen molar-refractivity contribution in [1.82, 2.24) is 0 Å². The van der Waals surface area contributed by atoms with E-state index in [-0.39, 0.29) is 24.0 Å². The Labute approximate surface area is 230 Å². The zero-order valence-electron chi connectivity index (χ0n) is 23.3. The molecule has 8 N–H and O–H groups in total. The van der Waals surface area contributed by atoms with E-state index in [2.05, 4.69) is 47.7 Å². The number of guanidine groups is 2. The first-order valence-electron chi connectivity index (χ1n) is 13.4. The summed E-state index contributed by atoms with van der Waals surface area (Å²) in [4.78, 5) is 17.3. The number of nitrogens with zero attached hydrogens (tertiary/aromatic N) is 4. The molecule has 0 bridgehead atoms. The van der Waals surface area contributed by atoms with Crippen LogP contribution >= 0.6 is 0 Å². The summed E-state index contributed by atoms with van der Waals surface area (Å²) in [5, 5.41) is 0. The van der Waals surface area contributed by atoms with Crippen molar-refractivity contribution in [3.05, 3.63) is 71.8 Å². The highest BCUT2D eigenvalue weighted by molar-refractivity contribution is 6.05. The van der Waals surface area contributed by atoms with Crippen LogP contribution in [-0.4, -0.2) is 35.7 Å². The van der Waals surface area contributed by atoms with Gasteiger partial charge in [0.25, 0.3) is 0 Å². The zero-order chi connectivity index (χ0) is 28.4. The fourth-order valence-corrected chi connectivity index (χ4v) is 4.01. The SMILES string of the molecule is CCC(CC)N=C(N)N=C(N)c1ccc(-c2ccc(-c3ccc(C(N)=NC(N)=NC(CC)CC)cc3)o2)cc1. The van der Waals surface area contributed by atoms with Gasteiger partial charge in [0.05, 0.1) is 12.1 Å². The summed E-state index contributed by atoms with van der Waals surface area (Å²) >= 11 is 0. The van der Waals surface area contributed by atoms with Gasteiger partial charge in [0, 0.05) is 22.3 Å². The lowest BCUT2D eigenvalue weighted by Gasteiger charge is -2.07. The Morgan fingerprint density at radius 2 is 0.897 bits per heavy atom. The van der Waals surface area contributed by atoms with Gasteiger partial charge in [-0.2, -0.15) is 9.98 Å². The molecule has 0 saturated carbocycles. The molecule has 3 rings (SSSR count). The summed E-state index contributed by atoms with van der Waals surface area (Å²) < 4.78 is 6.12. The molecule has 0 aliphatic rings.